The van der Waals surface area contributed by atoms with Crippen LogP contribution in [0.2, 0.25) is 0 Å². The first kappa shape index (κ1) is 13.4. The number of rotatable bonds is 5. The van der Waals surface area contributed by atoms with Crippen molar-refractivity contribution in [2.24, 2.45) is 0 Å². The zero-order valence-corrected chi connectivity index (χ0v) is 12.4. The molecule has 1 unspecified atom stereocenters. The molecule has 2 nitrogen and oxygen atoms in total. The number of thioether (sulfide) groups is 1. The minimum absolute atomic E-state index is 0.375. The van der Waals surface area contributed by atoms with Gasteiger partial charge >= 0.3 is 0 Å². The zero-order valence-electron chi connectivity index (χ0n) is 10.7. The molecular formula is C13H22N2S2. The van der Waals surface area contributed by atoms with E-state index in [1.54, 1.807) is 0 Å². The molecule has 0 saturated heterocycles. The summed E-state index contributed by atoms with van der Waals surface area (Å²) in [6.07, 6.45) is 7.12. The number of nitrogens with one attached hydrogen (secondary N) is 1. The largest absolute Gasteiger partial charge is 0.312 e. The molecule has 0 aliphatic heterocycles. The Bertz CT molecular complexity index is 332. The molecule has 17 heavy (non-hydrogen) atoms. The molecule has 1 aromatic rings. The molecule has 0 aromatic carbocycles. The van der Waals surface area contributed by atoms with Crippen LogP contribution >= 0.6 is 23.1 Å². The standard InChI is InChI=1S/C13H22N2S2/c1-10(14-2)12-8-17-13(15-12)9-16-11-6-4-3-5-7-11/h8,10-11,14H,3-7,9H2,1-2H3. The maximum atomic E-state index is 4.70. The summed E-state index contributed by atoms with van der Waals surface area (Å²) in [6, 6.07) is 0.375. The van der Waals surface area contributed by atoms with Gasteiger partial charge in [0.2, 0.25) is 0 Å². The second-order valence-corrected chi connectivity index (χ2v) is 6.98. The predicted molar refractivity (Wildman–Crippen MR) is 77.8 cm³/mol. The van der Waals surface area contributed by atoms with Crippen molar-refractivity contribution >= 4 is 23.1 Å². The van der Waals surface area contributed by atoms with Crippen LogP contribution in [0.3, 0.4) is 0 Å². The summed E-state index contributed by atoms with van der Waals surface area (Å²) < 4.78 is 0. The minimum atomic E-state index is 0.375. The quantitative estimate of drug-likeness (QED) is 0.875. The van der Waals surface area contributed by atoms with Crippen molar-refractivity contribution in [1.29, 1.82) is 0 Å². The van der Waals surface area contributed by atoms with Gasteiger partial charge in [-0.15, -0.1) is 11.3 Å². The molecule has 1 aliphatic rings. The smallest absolute Gasteiger partial charge is 0.103 e. The summed E-state index contributed by atoms with van der Waals surface area (Å²) in [5.41, 5.74) is 1.19. The molecule has 1 heterocycles. The van der Waals surface area contributed by atoms with Crippen LogP contribution in [0.4, 0.5) is 0 Å². The van der Waals surface area contributed by atoms with E-state index in [0.29, 0.717) is 6.04 Å². The number of aromatic nitrogens is 1. The van der Waals surface area contributed by atoms with Crippen LogP contribution in [0.1, 0.15) is 55.8 Å². The van der Waals surface area contributed by atoms with Gasteiger partial charge in [-0.25, -0.2) is 4.98 Å². The molecule has 1 saturated carbocycles. The van der Waals surface area contributed by atoms with Gasteiger partial charge in [0.05, 0.1) is 5.69 Å². The molecule has 0 bridgehead atoms. The van der Waals surface area contributed by atoms with Crippen LogP contribution in [0.25, 0.3) is 0 Å². The molecule has 0 amide bonds. The Balaban J connectivity index is 1.80. The number of thiazole rings is 1. The van der Waals surface area contributed by atoms with E-state index in [1.165, 1.54) is 42.8 Å². The van der Waals surface area contributed by atoms with Gasteiger partial charge in [0.25, 0.3) is 0 Å². The van der Waals surface area contributed by atoms with Gasteiger partial charge in [-0.3, -0.25) is 0 Å². The lowest BCUT2D eigenvalue weighted by Crippen LogP contribution is -2.12. The topological polar surface area (TPSA) is 24.9 Å². The highest BCUT2D eigenvalue weighted by atomic mass is 32.2. The van der Waals surface area contributed by atoms with Crippen molar-refractivity contribution in [2.75, 3.05) is 7.05 Å². The molecule has 1 aromatic heterocycles. The SMILES string of the molecule is CNC(C)c1csc(CSC2CCCCC2)n1. The summed E-state index contributed by atoms with van der Waals surface area (Å²) >= 11 is 3.92. The van der Waals surface area contributed by atoms with E-state index in [2.05, 4.69) is 29.4 Å². The van der Waals surface area contributed by atoms with Gasteiger partial charge in [-0.1, -0.05) is 19.3 Å². The molecular weight excluding hydrogens is 248 g/mol. The molecule has 1 atom stereocenters. The Kier molecular flexibility index (Phi) is 5.32. The lowest BCUT2D eigenvalue weighted by molar-refractivity contribution is 0.516. The first-order valence-corrected chi connectivity index (χ1v) is 8.45. The third-order valence-electron chi connectivity index (χ3n) is 3.44. The van der Waals surface area contributed by atoms with Crippen LogP contribution in [0.5, 0.6) is 0 Å². The van der Waals surface area contributed by atoms with Gasteiger partial charge in [0.1, 0.15) is 5.01 Å². The summed E-state index contributed by atoms with van der Waals surface area (Å²) in [7, 11) is 1.99. The van der Waals surface area contributed by atoms with E-state index < -0.39 is 0 Å². The summed E-state index contributed by atoms with van der Waals surface area (Å²) in [4.78, 5) is 4.70. The first-order chi connectivity index (χ1) is 8.29. The van der Waals surface area contributed by atoms with Crippen molar-refractivity contribution in [3.05, 3.63) is 16.1 Å². The number of nitrogens with zero attached hydrogens (tertiary/aromatic N) is 1. The number of hydrogen-bond donors (Lipinski definition) is 1. The van der Waals surface area contributed by atoms with Gasteiger partial charge in [-0.05, 0) is 26.8 Å². The van der Waals surface area contributed by atoms with Crippen molar-refractivity contribution in [3.63, 3.8) is 0 Å². The van der Waals surface area contributed by atoms with Crippen molar-refractivity contribution in [3.8, 4) is 0 Å². The van der Waals surface area contributed by atoms with E-state index in [1.807, 2.05) is 18.4 Å². The summed E-state index contributed by atoms with van der Waals surface area (Å²) in [5, 5.41) is 7.61. The van der Waals surface area contributed by atoms with Crippen LogP contribution in [0.15, 0.2) is 5.38 Å². The highest BCUT2D eigenvalue weighted by molar-refractivity contribution is 7.99. The Morgan fingerprint density at radius 1 is 1.47 bits per heavy atom. The molecule has 0 radical (unpaired) electrons. The van der Waals surface area contributed by atoms with Crippen molar-refractivity contribution in [2.45, 2.75) is 56.1 Å². The fourth-order valence-corrected chi connectivity index (χ4v) is 4.42. The zero-order chi connectivity index (χ0) is 12.1. The Morgan fingerprint density at radius 2 is 2.24 bits per heavy atom. The van der Waals surface area contributed by atoms with Gasteiger partial charge in [-0.2, -0.15) is 11.8 Å². The van der Waals surface area contributed by atoms with E-state index in [0.717, 1.165) is 11.0 Å². The summed E-state index contributed by atoms with van der Waals surface area (Å²) in [6.45, 7) is 2.16. The molecule has 1 fully saturated rings. The molecule has 1 aliphatic carbocycles. The van der Waals surface area contributed by atoms with Crippen LogP contribution in [-0.2, 0) is 5.75 Å². The van der Waals surface area contributed by atoms with Gasteiger partial charge < -0.3 is 5.32 Å². The van der Waals surface area contributed by atoms with Crippen molar-refractivity contribution < 1.29 is 0 Å². The van der Waals surface area contributed by atoms with E-state index >= 15 is 0 Å². The summed E-state index contributed by atoms with van der Waals surface area (Å²) in [5.74, 6) is 1.10. The molecule has 96 valence electrons. The van der Waals surface area contributed by atoms with Gasteiger partial charge in [0.15, 0.2) is 0 Å². The lowest BCUT2D eigenvalue weighted by Gasteiger charge is -2.20. The maximum Gasteiger partial charge on any atom is 0.103 e. The van der Waals surface area contributed by atoms with Gasteiger partial charge in [0, 0.05) is 22.4 Å². The lowest BCUT2D eigenvalue weighted by atomic mass is 10.0. The van der Waals surface area contributed by atoms with E-state index in [9.17, 15) is 0 Å². The normalized spacial score (nSPS) is 19.4. The van der Waals surface area contributed by atoms with Crippen LogP contribution in [0, 0.1) is 0 Å². The highest BCUT2D eigenvalue weighted by Gasteiger charge is 2.15. The van der Waals surface area contributed by atoms with Crippen molar-refractivity contribution in [1.82, 2.24) is 10.3 Å². The minimum Gasteiger partial charge on any atom is -0.312 e. The van der Waals surface area contributed by atoms with Crippen LogP contribution < -0.4 is 5.32 Å². The monoisotopic (exact) mass is 270 g/mol. The first-order valence-electron chi connectivity index (χ1n) is 6.52. The molecule has 1 N–H and O–H groups in total. The predicted octanol–water partition coefficient (Wildman–Crippen LogP) is 3.99. The Morgan fingerprint density at radius 3 is 2.94 bits per heavy atom. The molecule has 2 rings (SSSR count). The average molecular weight is 270 g/mol. The molecule has 4 heteroatoms. The Hall–Kier alpha value is -0.0600. The fraction of sp³-hybridized carbons (Fsp3) is 0.769. The molecule has 0 spiro atoms. The maximum absolute atomic E-state index is 4.70. The number of hydrogen-bond acceptors (Lipinski definition) is 4. The van der Waals surface area contributed by atoms with E-state index in [-0.39, 0.29) is 0 Å². The third kappa shape index (κ3) is 3.97. The highest BCUT2D eigenvalue weighted by Crippen LogP contribution is 2.31. The third-order valence-corrected chi connectivity index (χ3v) is 5.87. The fourth-order valence-electron chi connectivity index (χ4n) is 2.16. The van der Waals surface area contributed by atoms with E-state index in [4.69, 9.17) is 4.98 Å². The Labute approximate surface area is 113 Å². The second-order valence-electron chi connectivity index (χ2n) is 4.75. The second kappa shape index (κ2) is 6.76. The average Bonchev–Trinajstić information content (AvgIpc) is 2.85. The van der Waals surface area contributed by atoms with Crippen LogP contribution in [-0.4, -0.2) is 17.3 Å².